The number of rotatable bonds is 5. The molecule has 26 heavy (non-hydrogen) atoms. The van der Waals surface area contributed by atoms with Crippen molar-refractivity contribution in [2.24, 2.45) is 11.7 Å². The van der Waals surface area contributed by atoms with E-state index in [1.165, 1.54) is 0 Å². The van der Waals surface area contributed by atoms with E-state index in [1.54, 1.807) is 0 Å². The van der Waals surface area contributed by atoms with Crippen LogP contribution in [0.3, 0.4) is 0 Å². The summed E-state index contributed by atoms with van der Waals surface area (Å²) in [4.78, 5) is 25.3. The number of benzene rings is 2. The van der Waals surface area contributed by atoms with Crippen LogP contribution in [-0.4, -0.2) is 35.0 Å². The van der Waals surface area contributed by atoms with Crippen LogP contribution in [-0.2, 0) is 11.3 Å². The number of carboxylic acids is 1. The number of hydrogen-bond donors (Lipinski definition) is 2. The third-order valence-corrected chi connectivity index (χ3v) is 5.02. The topological polar surface area (TPSA) is 83.6 Å². The lowest BCUT2D eigenvalue weighted by Crippen LogP contribution is -2.38. The normalized spacial score (nSPS) is 15.0. The Labute approximate surface area is 153 Å². The van der Waals surface area contributed by atoms with Crippen LogP contribution in [0.5, 0.6) is 0 Å². The number of likely N-dealkylation sites (tertiary alicyclic amines) is 1. The molecule has 5 nitrogen and oxygen atoms in total. The van der Waals surface area contributed by atoms with Crippen LogP contribution in [0.4, 0.5) is 0 Å². The summed E-state index contributed by atoms with van der Waals surface area (Å²) in [5.74, 6) is -0.566. The van der Waals surface area contributed by atoms with Gasteiger partial charge in [0.15, 0.2) is 0 Å². The molecular formula is C21H24N2O3. The fraction of sp³-hybridized carbons (Fsp3) is 0.333. The van der Waals surface area contributed by atoms with Crippen molar-refractivity contribution in [2.75, 3.05) is 13.1 Å². The molecule has 0 spiro atoms. The maximum Gasteiger partial charge on any atom is 0.303 e. The molecule has 5 heteroatoms. The van der Waals surface area contributed by atoms with Gasteiger partial charge in [0.2, 0.25) is 0 Å². The molecular weight excluding hydrogens is 328 g/mol. The van der Waals surface area contributed by atoms with E-state index >= 15 is 0 Å². The molecule has 0 aromatic heterocycles. The molecule has 0 aliphatic carbocycles. The smallest absolute Gasteiger partial charge is 0.303 e. The number of carboxylic acid groups (broad SMARTS) is 1. The van der Waals surface area contributed by atoms with Crippen LogP contribution in [0, 0.1) is 5.92 Å². The third kappa shape index (κ3) is 4.29. The number of nitrogens with two attached hydrogens (primary N) is 1. The van der Waals surface area contributed by atoms with E-state index in [4.69, 9.17) is 10.8 Å². The van der Waals surface area contributed by atoms with Crippen molar-refractivity contribution in [3.8, 4) is 11.1 Å². The molecule has 0 bridgehead atoms. The van der Waals surface area contributed by atoms with Gasteiger partial charge in [0, 0.05) is 31.6 Å². The number of aliphatic carboxylic acids is 1. The summed E-state index contributed by atoms with van der Waals surface area (Å²) >= 11 is 0. The number of carbonyl (C=O) groups is 2. The highest BCUT2D eigenvalue weighted by Gasteiger charge is 2.24. The van der Waals surface area contributed by atoms with Crippen LogP contribution >= 0.6 is 0 Å². The van der Waals surface area contributed by atoms with E-state index in [2.05, 4.69) is 0 Å². The van der Waals surface area contributed by atoms with Gasteiger partial charge >= 0.3 is 5.97 Å². The largest absolute Gasteiger partial charge is 0.481 e. The van der Waals surface area contributed by atoms with Crippen LogP contribution in [0.2, 0.25) is 0 Å². The van der Waals surface area contributed by atoms with Crippen molar-refractivity contribution in [1.82, 2.24) is 4.90 Å². The molecule has 1 aliphatic rings. The standard InChI is InChI=1S/C21H24N2O3/c22-14-16-1-3-17(4-2-16)18-5-7-19(8-6-18)21(26)23-11-9-15(10-12-23)13-20(24)25/h1-8,15H,9-14,22H2,(H,24,25). The van der Waals surface area contributed by atoms with Gasteiger partial charge in [-0.3, -0.25) is 9.59 Å². The second-order valence-electron chi connectivity index (χ2n) is 6.81. The maximum atomic E-state index is 12.7. The Morgan fingerprint density at radius 2 is 1.50 bits per heavy atom. The Morgan fingerprint density at radius 3 is 2.00 bits per heavy atom. The lowest BCUT2D eigenvalue weighted by Gasteiger charge is -2.31. The zero-order chi connectivity index (χ0) is 18.5. The summed E-state index contributed by atoms with van der Waals surface area (Å²) in [6.07, 6.45) is 1.70. The Bertz CT molecular complexity index is 761. The van der Waals surface area contributed by atoms with Gasteiger partial charge in [-0.1, -0.05) is 36.4 Å². The minimum Gasteiger partial charge on any atom is -0.481 e. The second kappa shape index (κ2) is 8.15. The highest BCUT2D eigenvalue weighted by atomic mass is 16.4. The first-order chi connectivity index (χ1) is 12.6. The zero-order valence-electron chi connectivity index (χ0n) is 14.7. The fourth-order valence-corrected chi connectivity index (χ4v) is 3.41. The summed E-state index contributed by atoms with van der Waals surface area (Å²) in [6, 6.07) is 15.7. The van der Waals surface area contributed by atoms with Crippen molar-refractivity contribution >= 4 is 11.9 Å². The van der Waals surface area contributed by atoms with Crippen molar-refractivity contribution in [3.05, 3.63) is 59.7 Å². The number of piperidine rings is 1. The molecule has 0 unspecified atom stereocenters. The quantitative estimate of drug-likeness (QED) is 0.866. The van der Waals surface area contributed by atoms with Crippen molar-refractivity contribution in [1.29, 1.82) is 0 Å². The summed E-state index contributed by atoms with van der Waals surface area (Å²) in [6.45, 7) is 1.77. The minimum absolute atomic E-state index is 0.0174. The number of hydrogen-bond acceptors (Lipinski definition) is 3. The molecule has 1 saturated heterocycles. The average molecular weight is 352 g/mol. The zero-order valence-corrected chi connectivity index (χ0v) is 14.7. The van der Waals surface area contributed by atoms with Gasteiger partial charge < -0.3 is 15.7 Å². The predicted octanol–water partition coefficient (Wildman–Crippen LogP) is 3.14. The molecule has 3 N–H and O–H groups in total. The van der Waals surface area contributed by atoms with Gasteiger partial charge in [-0.15, -0.1) is 0 Å². The molecule has 3 rings (SSSR count). The Morgan fingerprint density at radius 1 is 0.962 bits per heavy atom. The van der Waals surface area contributed by atoms with E-state index in [0.29, 0.717) is 25.2 Å². The predicted molar refractivity (Wildman–Crippen MR) is 101 cm³/mol. The summed E-state index contributed by atoms with van der Waals surface area (Å²) in [5, 5.41) is 8.88. The van der Waals surface area contributed by atoms with Crippen LogP contribution in [0.1, 0.15) is 35.2 Å². The van der Waals surface area contributed by atoms with Crippen LogP contribution < -0.4 is 5.73 Å². The molecule has 136 valence electrons. The van der Waals surface area contributed by atoms with Crippen LogP contribution in [0.15, 0.2) is 48.5 Å². The first-order valence-electron chi connectivity index (χ1n) is 8.97. The van der Waals surface area contributed by atoms with E-state index in [1.807, 2.05) is 53.4 Å². The lowest BCUT2D eigenvalue weighted by atomic mass is 9.93. The number of carbonyl (C=O) groups excluding carboxylic acids is 1. The highest BCUT2D eigenvalue weighted by Crippen LogP contribution is 2.24. The van der Waals surface area contributed by atoms with Gasteiger partial charge in [-0.25, -0.2) is 0 Å². The van der Waals surface area contributed by atoms with Gasteiger partial charge in [0.25, 0.3) is 5.91 Å². The molecule has 1 fully saturated rings. The molecule has 1 amide bonds. The third-order valence-electron chi connectivity index (χ3n) is 5.02. The summed E-state index contributed by atoms with van der Waals surface area (Å²) < 4.78 is 0. The Balaban J connectivity index is 1.63. The fourth-order valence-electron chi connectivity index (χ4n) is 3.41. The lowest BCUT2D eigenvalue weighted by molar-refractivity contribution is -0.138. The van der Waals surface area contributed by atoms with Gasteiger partial charge in [-0.2, -0.15) is 0 Å². The first-order valence-corrected chi connectivity index (χ1v) is 8.97. The van der Waals surface area contributed by atoms with E-state index < -0.39 is 5.97 Å². The molecule has 0 atom stereocenters. The SMILES string of the molecule is NCc1ccc(-c2ccc(C(=O)N3CCC(CC(=O)O)CC3)cc2)cc1. The monoisotopic (exact) mass is 352 g/mol. The van der Waals surface area contributed by atoms with Gasteiger partial charge in [-0.05, 0) is 47.6 Å². The molecule has 0 radical (unpaired) electrons. The molecule has 2 aromatic rings. The first kappa shape index (κ1) is 18.1. The van der Waals surface area contributed by atoms with E-state index in [-0.39, 0.29) is 18.2 Å². The van der Waals surface area contributed by atoms with E-state index in [0.717, 1.165) is 29.5 Å². The van der Waals surface area contributed by atoms with Gasteiger partial charge in [0.1, 0.15) is 0 Å². The van der Waals surface area contributed by atoms with Gasteiger partial charge in [0.05, 0.1) is 0 Å². The Hall–Kier alpha value is -2.66. The van der Waals surface area contributed by atoms with Crippen LogP contribution in [0.25, 0.3) is 11.1 Å². The molecule has 1 heterocycles. The molecule has 0 saturated carbocycles. The summed E-state index contributed by atoms with van der Waals surface area (Å²) in [5.41, 5.74) is 9.54. The minimum atomic E-state index is -0.759. The van der Waals surface area contributed by atoms with Crippen molar-refractivity contribution in [2.45, 2.75) is 25.8 Å². The second-order valence-corrected chi connectivity index (χ2v) is 6.81. The van der Waals surface area contributed by atoms with E-state index in [9.17, 15) is 9.59 Å². The molecule has 1 aliphatic heterocycles. The number of nitrogens with zero attached hydrogens (tertiary/aromatic N) is 1. The molecule has 2 aromatic carbocycles. The highest BCUT2D eigenvalue weighted by molar-refractivity contribution is 5.94. The Kier molecular flexibility index (Phi) is 5.68. The summed E-state index contributed by atoms with van der Waals surface area (Å²) in [7, 11) is 0. The maximum absolute atomic E-state index is 12.7. The average Bonchev–Trinajstić information content (AvgIpc) is 2.68. The van der Waals surface area contributed by atoms with Crippen molar-refractivity contribution < 1.29 is 14.7 Å². The number of amides is 1. The van der Waals surface area contributed by atoms with Crippen molar-refractivity contribution in [3.63, 3.8) is 0 Å².